The van der Waals surface area contributed by atoms with Gasteiger partial charge in [-0.1, -0.05) is 42.5 Å². The Kier molecular flexibility index (Phi) is 6.87. The lowest BCUT2D eigenvalue weighted by Crippen LogP contribution is -2.54. The van der Waals surface area contributed by atoms with Crippen molar-refractivity contribution in [1.29, 1.82) is 0 Å². The Balaban J connectivity index is 1.48. The number of benzene rings is 3. The molecule has 0 spiro atoms. The maximum Gasteiger partial charge on any atom is 0.341 e. The molecule has 1 aliphatic rings. The molecule has 0 saturated carbocycles. The third-order valence-electron chi connectivity index (χ3n) is 5.00. The minimum absolute atomic E-state index is 0.229. The molecule has 1 aliphatic heterocycles. The maximum atomic E-state index is 13.0. The Morgan fingerprint density at radius 1 is 0.857 bits per heavy atom. The Morgan fingerprint density at radius 3 is 2.14 bits per heavy atom. The van der Waals surface area contributed by atoms with E-state index in [1.165, 1.54) is 18.2 Å². The average Bonchev–Trinajstić information content (AvgIpc) is 2.86. The molecule has 0 radical (unpaired) electrons. The number of amides is 4. The number of nitrogens with one attached hydrogen (secondary N) is 1. The van der Waals surface area contributed by atoms with E-state index in [9.17, 15) is 19.2 Å². The number of aliphatic carboxylic acids is 1. The lowest BCUT2D eigenvalue weighted by atomic mass is 10.1. The molecule has 9 nitrogen and oxygen atoms in total. The van der Waals surface area contributed by atoms with Crippen LogP contribution in [0.25, 0.3) is 6.08 Å². The zero-order valence-corrected chi connectivity index (χ0v) is 18.3. The number of rotatable bonds is 8. The minimum Gasteiger partial charge on any atom is -0.489 e. The number of imide groups is 2. The van der Waals surface area contributed by atoms with Gasteiger partial charge in [0.2, 0.25) is 0 Å². The van der Waals surface area contributed by atoms with E-state index in [0.717, 1.165) is 10.5 Å². The normalized spacial score (nSPS) is 14.6. The molecule has 1 saturated heterocycles. The SMILES string of the molecule is O=C(O)COc1ccc(C=C2C(=O)NC(=O)N(c3ccc(OCc4ccccc4)cc3)C2=O)cc1. The number of carboxylic acids is 1. The van der Waals surface area contributed by atoms with Crippen LogP contribution in [-0.4, -0.2) is 35.5 Å². The van der Waals surface area contributed by atoms with Gasteiger partial charge < -0.3 is 14.6 Å². The second kappa shape index (κ2) is 10.3. The molecule has 35 heavy (non-hydrogen) atoms. The first-order valence-electron chi connectivity index (χ1n) is 10.5. The third-order valence-corrected chi connectivity index (χ3v) is 5.00. The predicted octanol–water partition coefficient (Wildman–Crippen LogP) is 3.40. The summed E-state index contributed by atoms with van der Waals surface area (Å²) in [6.07, 6.45) is 1.34. The molecule has 0 atom stereocenters. The zero-order valence-electron chi connectivity index (χ0n) is 18.3. The number of urea groups is 1. The van der Waals surface area contributed by atoms with Crippen molar-refractivity contribution in [3.05, 3.63) is 95.6 Å². The van der Waals surface area contributed by atoms with Gasteiger partial charge in [0.15, 0.2) is 6.61 Å². The van der Waals surface area contributed by atoms with Crippen molar-refractivity contribution >= 4 is 35.6 Å². The van der Waals surface area contributed by atoms with Crippen LogP contribution >= 0.6 is 0 Å². The van der Waals surface area contributed by atoms with Gasteiger partial charge in [0.05, 0.1) is 5.69 Å². The number of anilines is 1. The topological polar surface area (TPSA) is 122 Å². The number of nitrogens with zero attached hydrogens (tertiary/aromatic N) is 1. The molecular formula is C26H20N2O7. The summed E-state index contributed by atoms with van der Waals surface area (Å²) in [7, 11) is 0. The standard InChI is InChI=1S/C26H20N2O7/c29-23(30)16-35-20-10-6-17(7-11-20)14-22-24(31)27-26(33)28(25(22)32)19-8-12-21(13-9-19)34-15-18-4-2-1-3-5-18/h1-14H,15-16H2,(H,29,30)(H,27,31,33). The third kappa shape index (κ3) is 5.72. The fraction of sp³-hybridized carbons (Fsp3) is 0.0769. The van der Waals surface area contributed by atoms with Crippen molar-refractivity contribution in [2.45, 2.75) is 6.61 Å². The van der Waals surface area contributed by atoms with Gasteiger partial charge in [-0.05, 0) is 53.6 Å². The summed E-state index contributed by atoms with van der Waals surface area (Å²) in [5.41, 5.74) is 1.53. The van der Waals surface area contributed by atoms with Crippen LogP contribution in [0.4, 0.5) is 10.5 Å². The Labute approximate surface area is 200 Å². The molecule has 3 aromatic carbocycles. The van der Waals surface area contributed by atoms with Gasteiger partial charge in [0.1, 0.15) is 23.7 Å². The monoisotopic (exact) mass is 472 g/mol. The van der Waals surface area contributed by atoms with E-state index >= 15 is 0 Å². The van der Waals surface area contributed by atoms with Gasteiger partial charge in [0, 0.05) is 0 Å². The lowest BCUT2D eigenvalue weighted by Gasteiger charge is -2.26. The highest BCUT2D eigenvalue weighted by atomic mass is 16.5. The van der Waals surface area contributed by atoms with E-state index in [0.29, 0.717) is 23.7 Å². The number of hydrogen-bond acceptors (Lipinski definition) is 6. The van der Waals surface area contributed by atoms with Crippen LogP contribution in [0.1, 0.15) is 11.1 Å². The van der Waals surface area contributed by atoms with Crippen molar-refractivity contribution < 1.29 is 33.8 Å². The largest absolute Gasteiger partial charge is 0.489 e. The van der Waals surface area contributed by atoms with Crippen molar-refractivity contribution in [2.75, 3.05) is 11.5 Å². The quantitative estimate of drug-likeness (QED) is 0.381. The van der Waals surface area contributed by atoms with Crippen molar-refractivity contribution in [3.63, 3.8) is 0 Å². The first-order chi connectivity index (χ1) is 16.9. The van der Waals surface area contributed by atoms with Crippen LogP contribution in [0.15, 0.2) is 84.4 Å². The molecule has 0 aliphatic carbocycles. The second-order valence-corrected chi connectivity index (χ2v) is 7.48. The van der Waals surface area contributed by atoms with E-state index in [1.807, 2.05) is 30.3 Å². The Bertz CT molecular complexity index is 1280. The van der Waals surface area contributed by atoms with Crippen LogP contribution in [0, 0.1) is 0 Å². The highest BCUT2D eigenvalue weighted by molar-refractivity contribution is 6.39. The van der Waals surface area contributed by atoms with Gasteiger partial charge in [-0.15, -0.1) is 0 Å². The number of ether oxygens (including phenoxy) is 2. The fourth-order valence-corrected chi connectivity index (χ4v) is 3.30. The van der Waals surface area contributed by atoms with Gasteiger partial charge in [-0.3, -0.25) is 14.9 Å². The summed E-state index contributed by atoms with van der Waals surface area (Å²) in [4.78, 5) is 49.3. The van der Waals surface area contributed by atoms with E-state index in [4.69, 9.17) is 14.6 Å². The van der Waals surface area contributed by atoms with E-state index in [1.54, 1.807) is 36.4 Å². The predicted molar refractivity (Wildman–Crippen MR) is 126 cm³/mol. The number of hydrogen-bond donors (Lipinski definition) is 2. The summed E-state index contributed by atoms with van der Waals surface area (Å²) < 4.78 is 10.8. The van der Waals surface area contributed by atoms with Crippen molar-refractivity contribution in [1.82, 2.24) is 5.32 Å². The second-order valence-electron chi connectivity index (χ2n) is 7.48. The van der Waals surface area contributed by atoms with Gasteiger partial charge in [0.25, 0.3) is 11.8 Å². The molecule has 3 aromatic rings. The van der Waals surface area contributed by atoms with Gasteiger partial charge >= 0.3 is 12.0 Å². The Morgan fingerprint density at radius 2 is 1.49 bits per heavy atom. The number of carbonyl (C=O) groups excluding carboxylic acids is 3. The molecule has 1 fully saturated rings. The highest BCUT2D eigenvalue weighted by Crippen LogP contribution is 2.25. The van der Waals surface area contributed by atoms with E-state index < -0.39 is 30.4 Å². The van der Waals surface area contributed by atoms with Crippen LogP contribution in [0.2, 0.25) is 0 Å². The highest BCUT2D eigenvalue weighted by Gasteiger charge is 2.36. The first kappa shape index (κ1) is 23.2. The van der Waals surface area contributed by atoms with Crippen LogP contribution in [-0.2, 0) is 21.0 Å². The molecule has 4 rings (SSSR count). The number of carboxylic acid groups (broad SMARTS) is 1. The molecule has 0 bridgehead atoms. The molecule has 0 unspecified atom stereocenters. The van der Waals surface area contributed by atoms with E-state index in [-0.39, 0.29) is 11.3 Å². The first-order valence-corrected chi connectivity index (χ1v) is 10.5. The average molecular weight is 472 g/mol. The fourth-order valence-electron chi connectivity index (χ4n) is 3.30. The summed E-state index contributed by atoms with van der Waals surface area (Å²) in [5.74, 6) is -1.82. The summed E-state index contributed by atoms with van der Waals surface area (Å²) >= 11 is 0. The smallest absolute Gasteiger partial charge is 0.341 e. The van der Waals surface area contributed by atoms with Crippen molar-refractivity contribution in [3.8, 4) is 11.5 Å². The van der Waals surface area contributed by atoms with Crippen LogP contribution in [0.3, 0.4) is 0 Å². The Hall–Kier alpha value is -4.92. The van der Waals surface area contributed by atoms with Gasteiger partial charge in [-0.25, -0.2) is 14.5 Å². The zero-order chi connectivity index (χ0) is 24.8. The van der Waals surface area contributed by atoms with E-state index in [2.05, 4.69) is 5.32 Å². The van der Waals surface area contributed by atoms with Crippen LogP contribution < -0.4 is 19.7 Å². The molecule has 4 amide bonds. The number of barbiturate groups is 1. The minimum atomic E-state index is -1.11. The lowest BCUT2D eigenvalue weighted by molar-refractivity contribution is -0.139. The number of carbonyl (C=O) groups is 4. The summed E-state index contributed by atoms with van der Waals surface area (Å²) in [5, 5.41) is 10.8. The molecule has 1 heterocycles. The van der Waals surface area contributed by atoms with Gasteiger partial charge in [-0.2, -0.15) is 0 Å². The molecule has 2 N–H and O–H groups in total. The molecule has 176 valence electrons. The molecule has 0 aromatic heterocycles. The van der Waals surface area contributed by atoms with Crippen molar-refractivity contribution in [2.24, 2.45) is 0 Å². The van der Waals surface area contributed by atoms with Crippen LogP contribution in [0.5, 0.6) is 11.5 Å². The molecule has 9 heteroatoms. The maximum absolute atomic E-state index is 13.0. The summed E-state index contributed by atoms with van der Waals surface area (Å²) in [6, 6.07) is 21.3. The summed E-state index contributed by atoms with van der Waals surface area (Å²) in [6.45, 7) is -0.126. The molecular weight excluding hydrogens is 452 g/mol.